The molecule has 0 fully saturated rings. The van der Waals surface area contributed by atoms with Crippen molar-refractivity contribution in [1.29, 1.82) is 0 Å². The second kappa shape index (κ2) is 6.42. The number of aryl methyl sites for hydroxylation is 2. The van der Waals surface area contributed by atoms with E-state index in [0.29, 0.717) is 10.9 Å². The molecule has 3 nitrogen and oxygen atoms in total. The summed E-state index contributed by atoms with van der Waals surface area (Å²) in [6, 6.07) is 6.44. The molecule has 108 valence electrons. The highest BCUT2D eigenvalue weighted by molar-refractivity contribution is 6.31. The van der Waals surface area contributed by atoms with Crippen LogP contribution in [0.1, 0.15) is 30.7 Å². The fourth-order valence-electron chi connectivity index (χ4n) is 2.15. The van der Waals surface area contributed by atoms with E-state index in [2.05, 4.69) is 49.4 Å². The van der Waals surface area contributed by atoms with Crippen molar-refractivity contribution in [2.45, 2.75) is 34.2 Å². The smallest absolute Gasteiger partial charge is 0.0819 e. The number of nitrogens with one attached hydrogen (secondary N) is 1. The number of benzene rings is 1. The lowest BCUT2D eigenvalue weighted by molar-refractivity contribution is 0.552. The number of rotatable bonds is 5. The third kappa shape index (κ3) is 3.62. The molecule has 0 aliphatic heterocycles. The van der Waals surface area contributed by atoms with Gasteiger partial charge in [-0.2, -0.15) is 5.10 Å². The summed E-state index contributed by atoms with van der Waals surface area (Å²) in [6.45, 7) is 10.4. The third-order valence-electron chi connectivity index (χ3n) is 3.23. The minimum Gasteiger partial charge on any atom is -0.312 e. The maximum atomic E-state index is 6.07. The monoisotopic (exact) mass is 291 g/mol. The molecule has 0 bridgehead atoms. The van der Waals surface area contributed by atoms with Crippen LogP contribution in [0.15, 0.2) is 24.4 Å². The van der Waals surface area contributed by atoms with Gasteiger partial charge in [-0.15, -0.1) is 0 Å². The summed E-state index contributed by atoms with van der Waals surface area (Å²) < 4.78 is 1.85. The molecule has 0 aliphatic carbocycles. The first-order valence-corrected chi connectivity index (χ1v) is 7.37. The van der Waals surface area contributed by atoms with E-state index >= 15 is 0 Å². The Bertz CT molecular complexity index is 568. The van der Waals surface area contributed by atoms with Crippen LogP contribution in [0.25, 0.3) is 5.69 Å². The van der Waals surface area contributed by atoms with Crippen LogP contribution in [0.4, 0.5) is 0 Å². The average molecular weight is 292 g/mol. The van der Waals surface area contributed by atoms with Gasteiger partial charge in [0.25, 0.3) is 0 Å². The van der Waals surface area contributed by atoms with Crippen molar-refractivity contribution in [2.75, 3.05) is 6.54 Å². The highest BCUT2D eigenvalue weighted by atomic mass is 35.5. The normalized spacial score (nSPS) is 11.3. The molecule has 1 aromatic heterocycles. The summed E-state index contributed by atoms with van der Waals surface area (Å²) in [4.78, 5) is 0. The van der Waals surface area contributed by atoms with Crippen LogP contribution in [0.5, 0.6) is 0 Å². The van der Waals surface area contributed by atoms with E-state index in [-0.39, 0.29) is 0 Å². The minimum absolute atomic E-state index is 0.671. The summed E-state index contributed by atoms with van der Waals surface area (Å²) in [7, 11) is 0. The van der Waals surface area contributed by atoms with Gasteiger partial charge >= 0.3 is 0 Å². The van der Waals surface area contributed by atoms with Gasteiger partial charge < -0.3 is 5.32 Å². The molecule has 0 aliphatic rings. The van der Waals surface area contributed by atoms with E-state index in [1.165, 1.54) is 11.1 Å². The molecule has 1 heterocycles. The Morgan fingerprint density at radius 1 is 1.30 bits per heavy atom. The highest BCUT2D eigenvalue weighted by Crippen LogP contribution is 2.20. The number of hydrogen-bond donors (Lipinski definition) is 1. The number of halogens is 1. The van der Waals surface area contributed by atoms with Gasteiger partial charge in [0.2, 0.25) is 0 Å². The Morgan fingerprint density at radius 3 is 2.60 bits per heavy atom. The van der Waals surface area contributed by atoms with Crippen LogP contribution in [0, 0.1) is 19.8 Å². The number of aromatic nitrogens is 2. The van der Waals surface area contributed by atoms with Crippen LogP contribution in [0.2, 0.25) is 5.02 Å². The molecule has 20 heavy (non-hydrogen) atoms. The van der Waals surface area contributed by atoms with E-state index in [1.54, 1.807) is 0 Å². The molecule has 2 rings (SSSR count). The van der Waals surface area contributed by atoms with E-state index in [4.69, 9.17) is 11.6 Å². The molecule has 2 aromatic rings. The molecular weight excluding hydrogens is 270 g/mol. The van der Waals surface area contributed by atoms with E-state index in [1.807, 2.05) is 17.8 Å². The molecule has 0 unspecified atom stereocenters. The molecule has 1 aromatic carbocycles. The second-order valence-corrected chi connectivity index (χ2v) is 6.06. The van der Waals surface area contributed by atoms with Gasteiger partial charge in [0.15, 0.2) is 0 Å². The van der Waals surface area contributed by atoms with Crippen molar-refractivity contribution in [3.63, 3.8) is 0 Å². The predicted molar refractivity (Wildman–Crippen MR) is 84.6 cm³/mol. The van der Waals surface area contributed by atoms with Crippen molar-refractivity contribution < 1.29 is 0 Å². The van der Waals surface area contributed by atoms with E-state index < -0.39 is 0 Å². The summed E-state index contributed by atoms with van der Waals surface area (Å²) in [6.07, 6.45) is 1.86. The first kappa shape index (κ1) is 15.1. The van der Waals surface area contributed by atoms with E-state index in [0.717, 1.165) is 24.5 Å². The van der Waals surface area contributed by atoms with Crippen LogP contribution in [-0.2, 0) is 6.54 Å². The zero-order chi connectivity index (χ0) is 14.7. The van der Waals surface area contributed by atoms with Gasteiger partial charge in [-0.3, -0.25) is 0 Å². The van der Waals surface area contributed by atoms with Crippen LogP contribution >= 0.6 is 11.6 Å². The fourth-order valence-corrected chi connectivity index (χ4v) is 2.28. The topological polar surface area (TPSA) is 29.9 Å². The molecule has 0 spiro atoms. The van der Waals surface area contributed by atoms with Crippen LogP contribution in [-0.4, -0.2) is 16.3 Å². The van der Waals surface area contributed by atoms with Gasteiger partial charge in [0, 0.05) is 12.7 Å². The number of hydrogen-bond acceptors (Lipinski definition) is 2. The van der Waals surface area contributed by atoms with E-state index in [9.17, 15) is 0 Å². The Balaban J connectivity index is 2.13. The molecule has 0 saturated carbocycles. The third-order valence-corrected chi connectivity index (χ3v) is 3.60. The second-order valence-electron chi connectivity index (χ2n) is 5.65. The predicted octanol–water partition coefficient (Wildman–Crippen LogP) is 3.89. The fraction of sp³-hybridized carbons (Fsp3) is 0.438. The van der Waals surface area contributed by atoms with Gasteiger partial charge in [-0.25, -0.2) is 4.68 Å². The van der Waals surface area contributed by atoms with Crippen LogP contribution < -0.4 is 5.32 Å². The Morgan fingerprint density at radius 2 is 2.05 bits per heavy atom. The number of nitrogens with zero attached hydrogens (tertiary/aromatic N) is 2. The summed E-state index contributed by atoms with van der Waals surface area (Å²) >= 11 is 6.07. The maximum absolute atomic E-state index is 6.07. The van der Waals surface area contributed by atoms with Gasteiger partial charge in [0.05, 0.1) is 16.4 Å². The largest absolute Gasteiger partial charge is 0.312 e. The van der Waals surface area contributed by atoms with Gasteiger partial charge in [0.1, 0.15) is 0 Å². The molecule has 0 atom stereocenters. The standard InChI is InChI=1S/C16H22ClN3/c1-11(2)8-18-9-14-5-6-16(12(3)7-14)20-10-15(17)13(4)19-20/h5-7,10-11,18H,8-9H2,1-4H3. The lowest BCUT2D eigenvalue weighted by Crippen LogP contribution is -2.19. The Hall–Kier alpha value is -1.32. The summed E-state index contributed by atoms with van der Waals surface area (Å²) in [5.41, 5.74) is 4.43. The molecule has 0 radical (unpaired) electrons. The lowest BCUT2D eigenvalue weighted by atomic mass is 10.1. The van der Waals surface area contributed by atoms with Crippen molar-refractivity contribution in [2.24, 2.45) is 5.92 Å². The van der Waals surface area contributed by atoms with Crippen LogP contribution in [0.3, 0.4) is 0 Å². The quantitative estimate of drug-likeness (QED) is 0.906. The van der Waals surface area contributed by atoms with Crippen molar-refractivity contribution >= 4 is 11.6 Å². The lowest BCUT2D eigenvalue weighted by Gasteiger charge is -2.10. The summed E-state index contributed by atoms with van der Waals surface area (Å²) in [5, 5.41) is 8.58. The Labute approximate surface area is 126 Å². The van der Waals surface area contributed by atoms with Crippen molar-refractivity contribution in [1.82, 2.24) is 15.1 Å². The molecule has 4 heteroatoms. The Kier molecular flexibility index (Phi) is 4.84. The molecule has 0 saturated heterocycles. The summed E-state index contributed by atoms with van der Waals surface area (Å²) in [5.74, 6) is 0.671. The molecular formula is C16H22ClN3. The SMILES string of the molecule is Cc1cc(CNCC(C)C)ccc1-n1cc(Cl)c(C)n1. The first-order valence-electron chi connectivity index (χ1n) is 6.99. The molecule has 1 N–H and O–H groups in total. The maximum Gasteiger partial charge on any atom is 0.0819 e. The zero-order valence-corrected chi connectivity index (χ0v) is 13.3. The minimum atomic E-state index is 0.671. The van der Waals surface area contributed by atoms with Gasteiger partial charge in [-0.1, -0.05) is 37.6 Å². The average Bonchev–Trinajstić information content (AvgIpc) is 2.69. The zero-order valence-electron chi connectivity index (χ0n) is 12.6. The van der Waals surface area contributed by atoms with Crippen molar-refractivity contribution in [3.8, 4) is 5.69 Å². The van der Waals surface area contributed by atoms with Gasteiger partial charge in [-0.05, 0) is 43.5 Å². The molecule has 0 amide bonds. The first-order chi connectivity index (χ1) is 9.47. The van der Waals surface area contributed by atoms with Crippen molar-refractivity contribution in [3.05, 3.63) is 46.2 Å². The highest BCUT2D eigenvalue weighted by Gasteiger charge is 2.07.